The van der Waals surface area contributed by atoms with E-state index >= 15 is 0 Å². The molecule has 0 radical (unpaired) electrons. The summed E-state index contributed by atoms with van der Waals surface area (Å²) in [7, 11) is 0. The van der Waals surface area contributed by atoms with Gasteiger partial charge in [0.05, 0.1) is 6.61 Å². The highest BCUT2D eigenvalue weighted by Crippen LogP contribution is 2.44. The first-order chi connectivity index (χ1) is 21.4. The predicted molar refractivity (Wildman–Crippen MR) is 178 cm³/mol. The summed E-state index contributed by atoms with van der Waals surface area (Å²) in [6.45, 7) is 0.497. The Morgan fingerprint density at radius 3 is 2.30 bits per heavy atom. The molecule has 226 valence electrons. The van der Waals surface area contributed by atoms with Gasteiger partial charge in [-0.15, -0.1) is 0 Å². The van der Waals surface area contributed by atoms with Gasteiger partial charge in [0.15, 0.2) is 11.6 Å². The number of halogens is 2. The Morgan fingerprint density at radius 1 is 0.932 bits per heavy atom. The van der Waals surface area contributed by atoms with E-state index in [-0.39, 0.29) is 18.6 Å². The summed E-state index contributed by atoms with van der Waals surface area (Å²) >= 11 is 7.24. The molecule has 0 unspecified atom stereocenters. The number of ether oxygens (including phenoxy) is 2. The number of hydrogen-bond donors (Lipinski definition) is 3. The first kappa shape index (κ1) is 30.5. The zero-order valence-corrected chi connectivity index (χ0v) is 27.2. The number of hydrogen-bond acceptors (Lipinski definition) is 6. The van der Waals surface area contributed by atoms with Crippen LogP contribution in [-0.4, -0.2) is 41.7 Å². The van der Waals surface area contributed by atoms with Gasteiger partial charge in [-0.05, 0) is 72.0 Å². The minimum atomic E-state index is -1.32. The maximum absolute atomic E-state index is 14.5. The van der Waals surface area contributed by atoms with E-state index in [0.717, 1.165) is 38.5 Å². The van der Waals surface area contributed by atoms with Crippen molar-refractivity contribution in [3.8, 4) is 5.75 Å². The second-order valence-electron chi connectivity index (χ2n) is 11.1. The van der Waals surface area contributed by atoms with E-state index in [9.17, 15) is 4.79 Å². The summed E-state index contributed by atoms with van der Waals surface area (Å²) in [6.07, 6.45) is 1.83. The van der Waals surface area contributed by atoms with Crippen LogP contribution in [0.2, 0.25) is 0 Å². The minimum absolute atomic E-state index is 0.0736. The number of nitrogens with one attached hydrogen (secondary N) is 2. The number of hydrazine groups is 1. The Hall–Kier alpha value is -3.50. The Labute approximate surface area is 273 Å². The van der Waals surface area contributed by atoms with Crippen LogP contribution in [0.3, 0.4) is 0 Å². The van der Waals surface area contributed by atoms with Gasteiger partial charge < -0.3 is 14.6 Å². The quantitative estimate of drug-likeness (QED) is 0.126. The summed E-state index contributed by atoms with van der Waals surface area (Å²) < 4.78 is 14.2. The number of aliphatic imine (C=N–C) groups is 1. The highest BCUT2D eigenvalue weighted by Gasteiger charge is 2.54. The fourth-order valence-electron chi connectivity index (χ4n) is 5.80. The summed E-state index contributed by atoms with van der Waals surface area (Å²) in [4.78, 5) is 19.6. The topological polar surface area (TPSA) is 92.2 Å². The van der Waals surface area contributed by atoms with Gasteiger partial charge in [0.25, 0.3) is 5.91 Å². The van der Waals surface area contributed by atoms with E-state index < -0.39 is 11.6 Å². The molecule has 3 N–H and O–H groups in total. The molecule has 1 aliphatic heterocycles. The fraction of sp³-hybridized carbons (Fsp3) is 0.257. The molecule has 2 atom stereocenters. The summed E-state index contributed by atoms with van der Waals surface area (Å²) in [5, 5.41) is 9.07. The molecular formula is C35H33Br2N3O4. The number of aliphatic hydroxyl groups excluding tert-OH is 1. The highest BCUT2D eigenvalue weighted by molar-refractivity contribution is 9.10. The number of amides is 1. The smallest absolute Gasteiger partial charge is 0.266 e. The number of fused-ring (bicyclic) bond motifs is 1. The van der Waals surface area contributed by atoms with Crippen LogP contribution in [-0.2, 0) is 28.8 Å². The molecule has 0 saturated heterocycles. The SMILES string of the molecule is O=C(NNC1Cc2ccccc2C1)[C@@]1(Cc2ccc(Br)cc2)N=C(c2ccc(OCCCO)cc2)O[C@H]1c1ccccc1Br. The van der Waals surface area contributed by atoms with Crippen molar-refractivity contribution in [3.05, 3.63) is 134 Å². The van der Waals surface area contributed by atoms with E-state index in [0.29, 0.717) is 31.1 Å². The third-order valence-corrected chi connectivity index (χ3v) is 9.30. The first-order valence-electron chi connectivity index (χ1n) is 14.7. The maximum atomic E-state index is 14.5. The number of benzene rings is 4. The van der Waals surface area contributed by atoms with E-state index in [1.807, 2.05) is 72.8 Å². The molecule has 9 heteroatoms. The molecule has 1 heterocycles. The second kappa shape index (κ2) is 13.6. The number of rotatable bonds is 11. The Morgan fingerprint density at radius 2 is 1.61 bits per heavy atom. The molecule has 4 aromatic rings. The largest absolute Gasteiger partial charge is 0.494 e. The number of nitrogens with zero attached hydrogens (tertiary/aromatic N) is 1. The highest BCUT2D eigenvalue weighted by atomic mass is 79.9. The second-order valence-corrected chi connectivity index (χ2v) is 12.9. The first-order valence-corrected chi connectivity index (χ1v) is 16.3. The molecule has 7 nitrogen and oxygen atoms in total. The van der Waals surface area contributed by atoms with Gasteiger partial charge in [0.2, 0.25) is 5.90 Å². The zero-order valence-electron chi connectivity index (χ0n) is 24.0. The summed E-state index contributed by atoms with van der Waals surface area (Å²) in [5.41, 5.74) is 10.2. The van der Waals surface area contributed by atoms with E-state index in [4.69, 9.17) is 19.6 Å². The lowest BCUT2D eigenvalue weighted by Crippen LogP contribution is -2.56. The molecule has 1 amide bonds. The molecule has 2 aliphatic rings. The summed E-state index contributed by atoms with van der Waals surface area (Å²) in [6, 6.07) is 31.7. The fourth-order valence-corrected chi connectivity index (χ4v) is 6.55. The number of carbonyl (C=O) groups is 1. The molecule has 1 aliphatic carbocycles. The molecule has 0 aromatic heterocycles. The summed E-state index contributed by atoms with van der Waals surface area (Å²) in [5.74, 6) is 0.799. The van der Waals surface area contributed by atoms with Gasteiger partial charge >= 0.3 is 0 Å². The van der Waals surface area contributed by atoms with E-state index in [2.05, 4.69) is 67.0 Å². The monoisotopic (exact) mass is 717 g/mol. The van der Waals surface area contributed by atoms with Crippen LogP contribution < -0.4 is 15.6 Å². The average molecular weight is 719 g/mol. The van der Waals surface area contributed by atoms with Crippen LogP contribution in [0.25, 0.3) is 0 Å². The van der Waals surface area contributed by atoms with Gasteiger partial charge in [-0.3, -0.25) is 10.2 Å². The molecule has 0 fully saturated rings. The molecule has 0 saturated carbocycles. The van der Waals surface area contributed by atoms with Crippen LogP contribution in [0.1, 0.15) is 40.3 Å². The van der Waals surface area contributed by atoms with Crippen molar-refractivity contribution in [2.75, 3.05) is 13.2 Å². The lowest BCUT2D eigenvalue weighted by Gasteiger charge is -2.32. The van der Waals surface area contributed by atoms with Gasteiger partial charge in [0.1, 0.15) is 5.75 Å². The van der Waals surface area contributed by atoms with Crippen LogP contribution in [0.5, 0.6) is 5.75 Å². The van der Waals surface area contributed by atoms with Crippen LogP contribution in [0.4, 0.5) is 0 Å². The number of carbonyl (C=O) groups excluding carboxylic acids is 1. The Balaban J connectivity index is 1.35. The minimum Gasteiger partial charge on any atom is -0.494 e. The van der Waals surface area contributed by atoms with Gasteiger partial charge in [-0.2, -0.15) is 0 Å². The maximum Gasteiger partial charge on any atom is 0.266 e. The lowest BCUT2D eigenvalue weighted by atomic mass is 9.82. The third-order valence-electron chi connectivity index (χ3n) is 8.05. The van der Waals surface area contributed by atoms with Crippen LogP contribution in [0.15, 0.2) is 111 Å². The molecule has 0 spiro atoms. The normalized spacial score (nSPS) is 19.2. The van der Waals surface area contributed by atoms with Crippen LogP contribution >= 0.6 is 31.9 Å². The molecule has 4 aromatic carbocycles. The van der Waals surface area contributed by atoms with Crippen molar-refractivity contribution in [3.63, 3.8) is 0 Å². The van der Waals surface area contributed by atoms with E-state index in [1.54, 1.807) is 0 Å². The molecular weight excluding hydrogens is 686 g/mol. The zero-order chi connectivity index (χ0) is 30.5. The lowest BCUT2D eigenvalue weighted by molar-refractivity contribution is -0.130. The van der Waals surface area contributed by atoms with Gasteiger partial charge in [-0.25, -0.2) is 10.4 Å². The standard InChI is InChI=1S/C35H33Br2N3O4/c36-27-14-10-23(11-15-27)22-35(34(42)40-39-28-20-25-6-1-2-7-26(25)21-28)32(30-8-3-4-9-31(30)37)44-33(38-35)24-12-16-29(17-13-24)43-19-5-18-41/h1-4,6-17,28,32,39,41H,5,18-22H2,(H,40,42)/t32-,35-/m0/s1. The number of aliphatic hydroxyl groups is 1. The third kappa shape index (κ3) is 6.61. The van der Waals surface area contributed by atoms with E-state index in [1.165, 1.54) is 11.1 Å². The Bertz CT molecular complexity index is 1620. The van der Waals surface area contributed by atoms with Crippen molar-refractivity contribution < 1.29 is 19.4 Å². The van der Waals surface area contributed by atoms with Crippen molar-refractivity contribution in [1.82, 2.24) is 10.9 Å². The molecule has 44 heavy (non-hydrogen) atoms. The average Bonchev–Trinajstić information content (AvgIpc) is 3.64. The molecule has 6 rings (SSSR count). The van der Waals surface area contributed by atoms with Crippen molar-refractivity contribution in [1.29, 1.82) is 0 Å². The van der Waals surface area contributed by atoms with Crippen molar-refractivity contribution in [2.45, 2.75) is 43.4 Å². The predicted octanol–water partition coefficient (Wildman–Crippen LogP) is 6.26. The Kier molecular flexibility index (Phi) is 9.47. The van der Waals surface area contributed by atoms with Crippen molar-refractivity contribution >= 4 is 43.7 Å². The van der Waals surface area contributed by atoms with Crippen molar-refractivity contribution in [2.24, 2.45) is 4.99 Å². The van der Waals surface area contributed by atoms with Gasteiger partial charge in [-0.1, -0.05) is 86.5 Å². The van der Waals surface area contributed by atoms with Crippen LogP contribution in [0, 0.1) is 0 Å². The van der Waals surface area contributed by atoms with Gasteiger partial charge in [0, 0.05) is 45.6 Å². The molecule has 0 bridgehead atoms.